The molecule has 0 aliphatic carbocycles. The fourth-order valence-electron chi connectivity index (χ4n) is 1.86. The summed E-state index contributed by atoms with van der Waals surface area (Å²) in [5, 5.41) is 9.42. The molecule has 1 aromatic carbocycles. The van der Waals surface area contributed by atoms with Gasteiger partial charge in [0.25, 0.3) is 11.1 Å². The zero-order chi connectivity index (χ0) is 15.7. The number of carbonyl (C=O) groups excluding carboxylic acids is 2. The standard InChI is InChI=1S/C14H13Cl2NO3S/c1-3-7(2)17-13(19)11(21-14(17)20)6-8-4-9(15)12(18)10(16)5-8/h4-7,18H,3H2,1-2H3/b11-6+. The molecule has 1 unspecified atom stereocenters. The average molecular weight is 346 g/mol. The summed E-state index contributed by atoms with van der Waals surface area (Å²) in [7, 11) is 0. The van der Waals surface area contributed by atoms with Crippen LogP contribution in [0.5, 0.6) is 5.75 Å². The number of phenols is 1. The van der Waals surface area contributed by atoms with E-state index in [0.29, 0.717) is 16.9 Å². The molecular weight excluding hydrogens is 333 g/mol. The molecule has 1 atom stereocenters. The number of benzene rings is 1. The summed E-state index contributed by atoms with van der Waals surface area (Å²) in [5.74, 6) is -0.525. The van der Waals surface area contributed by atoms with Gasteiger partial charge in [-0.25, -0.2) is 0 Å². The molecule has 7 heteroatoms. The Balaban J connectivity index is 2.35. The minimum atomic E-state index is -0.320. The van der Waals surface area contributed by atoms with Crippen LogP contribution in [0.1, 0.15) is 25.8 Å². The highest BCUT2D eigenvalue weighted by Crippen LogP contribution is 2.37. The van der Waals surface area contributed by atoms with Crippen molar-refractivity contribution >= 4 is 52.2 Å². The molecule has 21 heavy (non-hydrogen) atoms. The molecule has 0 aromatic heterocycles. The minimum Gasteiger partial charge on any atom is -0.505 e. The number of hydrogen-bond donors (Lipinski definition) is 1. The number of carbonyl (C=O) groups is 2. The van der Waals surface area contributed by atoms with Crippen molar-refractivity contribution in [3.8, 4) is 5.75 Å². The van der Waals surface area contributed by atoms with Crippen molar-refractivity contribution in [2.45, 2.75) is 26.3 Å². The van der Waals surface area contributed by atoms with E-state index in [2.05, 4.69) is 0 Å². The van der Waals surface area contributed by atoms with Crippen molar-refractivity contribution in [2.75, 3.05) is 0 Å². The number of imide groups is 1. The highest BCUT2D eigenvalue weighted by molar-refractivity contribution is 8.18. The first-order chi connectivity index (χ1) is 9.85. The fraction of sp³-hybridized carbons (Fsp3) is 0.286. The van der Waals surface area contributed by atoms with Gasteiger partial charge in [-0.05, 0) is 48.9 Å². The minimum absolute atomic E-state index is 0.0925. The Kier molecular flexibility index (Phi) is 4.86. The van der Waals surface area contributed by atoms with Crippen LogP contribution in [-0.4, -0.2) is 27.2 Å². The van der Waals surface area contributed by atoms with E-state index >= 15 is 0 Å². The maximum Gasteiger partial charge on any atom is 0.293 e. The summed E-state index contributed by atoms with van der Waals surface area (Å²) in [6.45, 7) is 3.74. The monoisotopic (exact) mass is 345 g/mol. The maximum atomic E-state index is 12.3. The highest BCUT2D eigenvalue weighted by atomic mass is 35.5. The molecule has 1 aliphatic heterocycles. The summed E-state index contributed by atoms with van der Waals surface area (Å²) in [5.41, 5.74) is 0.553. The summed E-state index contributed by atoms with van der Waals surface area (Å²) >= 11 is 12.6. The summed E-state index contributed by atoms with van der Waals surface area (Å²) in [6, 6.07) is 2.83. The van der Waals surface area contributed by atoms with Gasteiger partial charge < -0.3 is 5.11 Å². The lowest BCUT2D eigenvalue weighted by molar-refractivity contribution is -0.124. The number of nitrogens with zero attached hydrogens (tertiary/aromatic N) is 1. The number of amides is 2. The van der Waals surface area contributed by atoms with Gasteiger partial charge >= 0.3 is 0 Å². The molecule has 1 aliphatic rings. The Labute approximate surface area is 136 Å². The Bertz CT molecular complexity index is 622. The molecule has 0 saturated carbocycles. The molecule has 1 fully saturated rings. The van der Waals surface area contributed by atoms with Crippen LogP contribution < -0.4 is 0 Å². The van der Waals surface area contributed by atoms with Crippen LogP contribution in [0.4, 0.5) is 4.79 Å². The molecule has 1 N–H and O–H groups in total. The lowest BCUT2D eigenvalue weighted by Crippen LogP contribution is -2.36. The molecule has 1 saturated heterocycles. The zero-order valence-corrected chi connectivity index (χ0v) is 13.7. The molecule has 2 amide bonds. The molecule has 2 rings (SSSR count). The first-order valence-electron chi connectivity index (χ1n) is 6.30. The predicted molar refractivity (Wildman–Crippen MR) is 85.7 cm³/mol. The lowest BCUT2D eigenvalue weighted by Gasteiger charge is -2.19. The van der Waals surface area contributed by atoms with E-state index in [9.17, 15) is 14.7 Å². The predicted octanol–water partition coefficient (Wildman–Crippen LogP) is 4.53. The van der Waals surface area contributed by atoms with E-state index in [0.717, 1.165) is 11.8 Å². The molecule has 4 nitrogen and oxygen atoms in total. The summed E-state index contributed by atoms with van der Waals surface area (Å²) in [4.78, 5) is 25.7. The van der Waals surface area contributed by atoms with Crippen LogP contribution in [0.15, 0.2) is 17.0 Å². The largest absolute Gasteiger partial charge is 0.505 e. The van der Waals surface area contributed by atoms with Gasteiger partial charge in [0, 0.05) is 6.04 Å². The number of halogens is 2. The first kappa shape index (κ1) is 16.2. The Hall–Kier alpha value is -1.17. The Morgan fingerprint density at radius 1 is 1.33 bits per heavy atom. The van der Waals surface area contributed by atoms with Gasteiger partial charge in [0.15, 0.2) is 5.75 Å². The molecule has 0 radical (unpaired) electrons. The van der Waals surface area contributed by atoms with Crippen LogP contribution in [0, 0.1) is 0 Å². The van der Waals surface area contributed by atoms with Gasteiger partial charge in [-0.1, -0.05) is 30.1 Å². The average Bonchev–Trinajstić information content (AvgIpc) is 2.70. The van der Waals surface area contributed by atoms with Gasteiger partial charge in [-0.15, -0.1) is 0 Å². The van der Waals surface area contributed by atoms with Crippen LogP contribution in [0.2, 0.25) is 10.0 Å². The van der Waals surface area contributed by atoms with Gasteiger partial charge in [-0.2, -0.15) is 0 Å². The quantitative estimate of drug-likeness (QED) is 0.817. The third-order valence-corrected chi connectivity index (χ3v) is 4.65. The van der Waals surface area contributed by atoms with E-state index in [1.54, 1.807) is 6.08 Å². The van der Waals surface area contributed by atoms with Crippen molar-refractivity contribution in [1.82, 2.24) is 4.90 Å². The number of rotatable bonds is 3. The third-order valence-electron chi connectivity index (χ3n) is 3.19. The normalized spacial score (nSPS) is 18.7. The van der Waals surface area contributed by atoms with Crippen molar-refractivity contribution in [2.24, 2.45) is 0 Å². The van der Waals surface area contributed by atoms with Gasteiger partial charge in [0.2, 0.25) is 0 Å². The Morgan fingerprint density at radius 2 is 1.90 bits per heavy atom. The smallest absolute Gasteiger partial charge is 0.293 e. The second-order valence-electron chi connectivity index (χ2n) is 4.64. The van der Waals surface area contributed by atoms with E-state index in [1.807, 2.05) is 13.8 Å². The molecule has 0 spiro atoms. The second-order valence-corrected chi connectivity index (χ2v) is 6.45. The number of thioether (sulfide) groups is 1. The van der Waals surface area contributed by atoms with Crippen LogP contribution in [0.25, 0.3) is 6.08 Å². The van der Waals surface area contributed by atoms with E-state index < -0.39 is 0 Å². The van der Waals surface area contributed by atoms with Crippen molar-refractivity contribution in [3.05, 3.63) is 32.6 Å². The van der Waals surface area contributed by atoms with Crippen LogP contribution in [-0.2, 0) is 4.79 Å². The topological polar surface area (TPSA) is 57.6 Å². The highest BCUT2D eigenvalue weighted by Gasteiger charge is 2.37. The second kappa shape index (κ2) is 6.30. The van der Waals surface area contributed by atoms with Crippen molar-refractivity contribution < 1.29 is 14.7 Å². The molecule has 112 valence electrons. The molecular formula is C14H13Cl2NO3S. The Morgan fingerprint density at radius 3 is 2.43 bits per heavy atom. The zero-order valence-electron chi connectivity index (χ0n) is 11.4. The van der Waals surface area contributed by atoms with Gasteiger partial charge in [0.1, 0.15) is 0 Å². The third kappa shape index (κ3) is 3.20. The van der Waals surface area contributed by atoms with Crippen LogP contribution >= 0.6 is 35.0 Å². The van der Waals surface area contributed by atoms with Gasteiger partial charge in [0.05, 0.1) is 15.0 Å². The maximum absolute atomic E-state index is 12.3. The van der Waals surface area contributed by atoms with Crippen LogP contribution in [0.3, 0.4) is 0 Å². The fourth-order valence-corrected chi connectivity index (χ4v) is 3.30. The van der Waals surface area contributed by atoms with E-state index in [4.69, 9.17) is 23.2 Å². The molecule has 1 heterocycles. The van der Waals surface area contributed by atoms with Crippen molar-refractivity contribution in [1.29, 1.82) is 0 Å². The SMILES string of the molecule is CCC(C)N1C(=O)S/C(=C/c2cc(Cl)c(O)c(Cl)c2)C1=O. The van der Waals surface area contributed by atoms with E-state index in [1.165, 1.54) is 17.0 Å². The molecule has 1 aromatic rings. The lowest BCUT2D eigenvalue weighted by atomic mass is 10.2. The summed E-state index contributed by atoms with van der Waals surface area (Å²) < 4.78 is 0. The van der Waals surface area contributed by atoms with E-state index in [-0.39, 0.29) is 33.0 Å². The number of aromatic hydroxyl groups is 1. The first-order valence-corrected chi connectivity index (χ1v) is 7.87. The van der Waals surface area contributed by atoms with Crippen molar-refractivity contribution in [3.63, 3.8) is 0 Å². The number of hydrogen-bond acceptors (Lipinski definition) is 4. The number of phenolic OH excluding ortho intramolecular Hbond substituents is 1. The summed E-state index contributed by atoms with van der Waals surface area (Å²) in [6.07, 6.45) is 2.24. The molecule has 0 bridgehead atoms. The van der Waals surface area contributed by atoms with Gasteiger partial charge in [-0.3, -0.25) is 14.5 Å².